The quantitative estimate of drug-likeness (QED) is 0.0409. The zero-order chi connectivity index (χ0) is 30.4. The van der Waals surface area contributed by atoms with Crippen LogP contribution in [0.5, 0.6) is 0 Å². The van der Waals surface area contributed by atoms with E-state index in [2.05, 4.69) is 38.2 Å². The number of rotatable bonds is 36. The van der Waals surface area contributed by atoms with E-state index in [0.29, 0.717) is 6.54 Å². The van der Waals surface area contributed by atoms with E-state index in [1.54, 1.807) is 0 Å². The van der Waals surface area contributed by atoms with Crippen molar-refractivity contribution in [1.29, 1.82) is 0 Å². The van der Waals surface area contributed by atoms with Crippen LogP contribution >= 0.6 is 17.0 Å². The van der Waals surface area contributed by atoms with Crippen molar-refractivity contribution < 1.29 is 9.47 Å². The topological polar surface area (TPSA) is 44.5 Å². The smallest absolute Gasteiger partial charge is 0.158 e. The van der Waals surface area contributed by atoms with Gasteiger partial charge in [0.2, 0.25) is 0 Å². The molecule has 4 heteroatoms. The fourth-order valence-electron chi connectivity index (χ4n) is 5.48. The Hall–Kier alpha value is -0.160. The van der Waals surface area contributed by atoms with E-state index in [4.69, 9.17) is 15.2 Å². The highest BCUT2D eigenvalue weighted by Crippen LogP contribution is 2.13. The van der Waals surface area contributed by atoms with Gasteiger partial charge < -0.3 is 15.2 Å². The van der Waals surface area contributed by atoms with Gasteiger partial charge in [0, 0.05) is 19.6 Å². The monoisotopic (exact) mass is 672 g/mol. The number of halogens is 1. The average Bonchev–Trinajstić information content (AvgIpc) is 3.00. The molecule has 0 aromatic heterocycles. The lowest BCUT2D eigenvalue weighted by Gasteiger charge is -2.18. The lowest BCUT2D eigenvalue weighted by Crippen LogP contribution is -2.22. The van der Waals surface area contributed by atoms with Crippen molar-refractivity contribution in [2.75, 3.05) is 19.8 Å². The van der Waals surface area contributed by atoms with Crippen LogP contribution in [0.15, 0.2) is 24.3 Å². The van der Waals surface area contributed by atoms with Gasteiger partial charge in [0.05, 0.1) is 0 Å². The minimum atomic E-state index is -0.110. The molecule has 0 amide bonds. The maximum atomic E-state index is 6.01. The first-order valence-electron chi connectivity index (χ1n) is 19.1. The molecule has 3 nitrogen and oxygen atoms in total. The van der Waals surface area contributed by atoms with E-state index < -0.39 is 0 Å². The Balaban J connectivity index is 0. The van der Waals surface area contributed by atoms with E-state index in [1.165, 1.54) is 167 Å². The molecule has 0 atom stereocenters. The third-order valence-corrected chi connectivity index (χ3v) is 8.32. The fraction of sp³-hybridized carbons (Fsp3) is 0.897. The molecule has 0 aromatic rings. The van der Waals surface area contributed by atoms with Gasteiger partial charge in [-0.25, -0.2) is 0 Å². The predicted octanol–water partition coefficient (Wildman–Crippen LogP) is 13.3. The molecular formula is C39H78BrNO2. The van der Waals surface area contributed by atoms with Crippen LogP contribution in [0.2, 0.25) is 0 Å². The summed E-state index contributed by atoms with van der Waals surface area (Å²) in [5.41, 5.74) is 5.79. The fourth-order valence-corrected chi connectivity index (χ4v) is 5.48. The van der Waals surface area contributed by atoms with Gasteiger partial charge in [-0.05, 0) is 70.8 Å². The van der Waals surface area contributed by atoms with Crippen molar-refractivity contribution in [3.05, 3.63) is 24.3 Å². The van der Waals surface area contributed by atoms with Gasteiger partial charge in [0.25, 0.3) is 0 Å². The van der Waals surface area contributed by atoms with Gasteiger partial charge in [0.1, 0.15) is 0 Å². The molecular weight excluding hydrogens is 594 g/mol. The Bertz CT molecular complexity index is 495. The Labute approximate surface area is 281 Å². The summed E-state index contributed by atoms with van der Waals surface area (Å²) in [5, 5.41) is 0. The van der Waals surface area contributed by atoms with Crippen LogP contribution in [0, 0.1) is 0 Å². The lowest BCUT2D eigenvalue weighted by molar-refractivity contribution is -0.145. The first kappa shape index (κ1) is 45.0. The largest absolute Gasteiger partial charge is 0.353 e. The van der Waals surface area contributed by atoms with Crippen LogP contribution in [-0.4, -0.2) is 26.0 Å². The Morgan fingerprint density at radius 3 is 1.00 bits per heavy atom. The highest BCUT2D eigenvalue weighted by molar-refractivity contribution is 8.93. The van der Waals surface area contributed by atoms with Gasteiger partial charge in [-0.3, -0.25) is 0 Å². The van der Waals surface area contributed by atoms with Crippen molar-refractivity contribution in [2.24, 2.45) is 5.73 Å². The number of ether oxygens (including phenoxy) is 2. The van der Waals surface area contributed by atoms with Crippen LogP contribution < -0.4 is 5.73 Å². The normalized spacial score (nSPS) is 11.8. The first-order valence-corrected chi connectivity index (χ1v) is 19.1. The zero-order valence-corrected chi connectivity index (χ0v) is 31.0. The standard InChI is InChI=1S/C39H77NO2.BrH/c1-3-5-7-9-11-13-15-17-19-21-23-25-27-29-31-33-37-41-39(35-36-40)42-38-34-32-30-28-26-24-22-20-18-16-14-12-10-8-6-4-2;/h17-20,39H,3-16,21-38,40H2,1-2H3;1H/b19-17-,20-18-;. The van der Waals surface area contributed by atoms with Crippen molar-refractivity contribution in [3.8, 4) is 0 Å². The number of hydrogen-bond acceptors (Lipinski definition) is 3. The Morgan fingerprint density at radius 1 is 0.419 bits per heavy atom. The summed E-state index contributed by atoms with van der Waals surface area (Å²) < 4.78 is 12.0. The van der Waals surface area contributed by atoms with Crippen LogP contribution in [0.4, 0.5) is 0 Å². The SMILES string of the molecule is Br.CCCCCCCC/C=C\CCCCCCCCOC(CCN)OCCCCCCCC/C=C\CCCCCCCC. The van der Waals surface area contributed by atoms with E-state index >= 15 is 0 Å². The minimum Gasteiger partial charge on any atom is -0.353 e. The molecule has 0 bridgehead atoms. The summed E-state index contributed by atoms with van der Waals surface area (Å²) >= 11 is 0. The zero-order valence-electron chi connectivity index (χ0n) is 29.3. The molecule has 0 heterocycles. The van der Waals surface area contributed by atoms with E-state index in [9.17, 15) is 0 Å². The van der Waals surface area contributed by atoms with Crippen LogP contribution in [0.1, 0.15) is 200 Å². The van der Waals surface area contributed by atoms with Gasteiger partial charge in [-0.15, -0.1) is 17.0 Å². The van der Waals surface area contributed by atoms with Gasteiger partial charge >= 0.3 is 0 Å². The first-order chi connectivity index (χ1) is 20.8. The van der Waals surface area contributed by atoms with Crippen LogP contribution in [-0.2, 0) is 9.47 Å². The molecule has 0 spiro atoms. The summed E-state index contributed by atoms with van der Waals surface area (Å²) in [6, 6.07) is 0. The molecule has 0 radical (unpaired) electrons. The second-order valence-corrected chi connectivity index (χ2v) is 12.6. The molecule has 0 rings (SSSR count). The minimum absolute atomic E-state index is 0. The molecule has 258 valence electrons. The molecule has 0 aliphatic rings. The van der Waals surface area contributed by atoms with Crippen molar-refractivity contribution in [3.63, 3.8) is 0 Å². The Kier molecular flexibility index (Phi) is 43.8. The molecule has 0 aromatic carbocycles. The predicted molar refractivity (Wildman–Crippen MR) is 199 cm³/mol. The maximum absolute atomic E-state index is 6.01. The number of allylic oxidation sites excluding steroid dienone is 4. The highest BCUT2D eigenvalue weighted by Gasteiger charge is 2.08. The second kappa shape index (κ2) is 41.8. The van der Waals surface area contributed by atoms with Crippen LogP contribution in [0.25, 0.3) is 0 Å². The van der Waals surface area contributed by atoms with Crippen molar-refractivity contribution in [2.45, 2.75) is 206 Å². The number of hydrogen-bond donors (Lipinski definition) is 1. The Morgan fingerprint density at radius 2 is 0.698 bits per heavy atom. The average molecular weight is 673 g/mol. The molecule has 0 aliphatic heterocycles. The van der Waals surface area contributed by atoms with Crippen LogP contribution in [0.3, 0.4) is 0 Å². The molecule has 0 unspecified atom stereocenters. The lowest BCUT2D eigenvalue weighted by atomic mass is 10.1. The maximum Gasteiger partial charge on any atom is 0.158 e. The highest BCUT2D eigenvalue weighted by atomic mass is 79.9. The van der Waals surface area contributed by atoms with E-state index in [1.807, 2.05) is 0 Å². The van der Waals surface area contributed by atoms with Gasteiger partial charge in [-0.2, -0.15) is 0 Å². The molecule has 2 N–H and O–H groups in total. The summed E-state index contributed by atoms with van der Waals surface area (Å²) in [7, 11) is 0. The molecule has 0 saturated carbocycles. The number of unbranched alkanes of at least 4 members (excludes halogenated alkanes) is 24. The van der Waals surface area contributed by atoms with Crippen molar-refractivity contribution in [1.82, 2.24) is 0 Å². The third-order valence-electron chi connectivity index (χ3n) is 8.32. The molecule has 0 aliphatic carbocycles. The third kappa shape index (κ3) is 39.8. The molecule has 0 fully saturated rings. The van der Waals surface area contributed by atoms with Gasteiger partial charge in [-0.1, -0.05) is 154 Å². The number of nitrogens with two attached hydrogens (primary N) is 1. The van der Waals surface area contributed by atoms with E-state index in [0.717, 1.165) is 32.5 Å². The molecule has 0 saturated heterocycles. The van der Waals surface area contributed by atoms with Crippen molar-refractivity contribution >= 4 is 17.0 Å². The van der Waals surface area contributed by atoms with E-state index in [-0.39, 0.29) is 23.3 Å². The molecule has 43 heavy (non-hydrogen) atoms. The summed E-state index contributed by atoms with van der Waals surface area (Å²) in [6.45, 7) is 6.81. The van der Waals surface area contributed by atoms with Gasteiger partial charge in [0.15, 0.2) is 6.29 Å². The summed E-state index contributed by atoms with van der Waals surface area (Å²) in [6.07, 6.45) is 47.7. The summed E-state index contributed by atoms with van der Waals surface area (Å²) in [4.78, 5) is 0. The summed E-state index contributed by atoms with van der Waals surface area (Å²) in [5.74, 6) is 0. The second-order valence-electron chi connectivity index (χ2n) is 12.6.